The zero-order valence-corrected chi connectivity index (χ0v) is 13.5. The predicted molar refractivity (Wildman–Crippen MR) is 90.3 cm³/mol. The number of pyridine rings is 1. The third kappa shape index (κ3) is 5.72. The molecule has 0 atom stereocenters. The second-order valence-electron chi connectivity index (χ2n) is 5.03. The summed E-state index contributed by atoms with van der Waals surface area (Å²) in [6.07, 6.45) is 4.16. The van der Waals surface area contributed by atoms with E-state index < -0.39 is 5.97 Å². The molecule has 0 bridgehead atoms. The Bertz CT molecular complexity index is 686. The molecule has 0 radical (unpaired) electrons. The lowest BCUT2D eigenvalue weighted by molar-refractivity contribution is -0.136. The largest absolute Gasteiger partial charge is 0.490 e. The van der Waals surface area contributed by atoms with E-state index in [1.807, 2.05) is 19.1 Å². The topological polar surface area (TPSA) is 81.0 Å². The van der Waals surface area contributed by atoms with Crippen LogP contribution in [0.1, 0.15) is 24.5 Å². The van der Waals surface area contributed by atoms with E-state index in [0.717, 1.165) is 17.7 Å². The number of nitrogens with zero attached hydrogens (tertiary/aromatic N) is 2. The van der Waals surface area contributed by atoms with Gasteiger partial charge >= 0.3 is 5.97 Å². The van der Waals surface area contributed by atoms with Gasteiger partial charge in [-0.05, 0) is 36.2 Å². The Kier molecular flexibility index (Phi) is 6.76. The minimum atomic E-state index is -0.868. The number of aromatic nitrogens is 1. The molecule has 0 aliphatic carbocycles. The van der Waals surface area contributed by atoms with Crippen molar-refractivity contribution in [2.45, 2.75) is 19.8 Å². The normalized spacial score (nSPS) is 11.1. The summed E-state index contributed by atoms with van der Waals surface area (Å²) < 4.78 is 5.55. The van der Waals surface area contributed by atoms with Crippen LogP contribution in [0.15, 0.2) is 53.9 Å². The lowest BCUT2D eigenvalue weighted by Gasteiger charge is -2.08. The summed E-state index contributed by atoms with van der Waals surface area (Å²) in [7, 11) is 0. The zero-order valence-electron chi connectivity index (χ0n) is 13.5. The average molecular weight is 328 g/mol. The van der Waals surface area contributed by atoms with E-state index in [9.17, 15) is 4.79 Å². The highest BCUT2D eigenvalue weighted by molar-refractivity contribution is 5.99. The second-order valence-corrected chi connectivity index (χ2v) is 5.03. The molecule has 6 heteroatoms. The van der Waals surface area contributed by atoms with Crippen molar-refractivity contribution in [2.75, 3.05) is 13.2 Å². The van der Waals surface area contributed by atoms with Crippen molar-refractivity contribution in [3.05, 3.63) is 59.9 Å². The van der Waals surface area contributed by atoms with Gasteiger partial charge in [0.15, 0.2) is 6.61 Å². The highest BCUT2D eigenvalue weighted by Crippen LogP contribution is 2.13. The molecule has 1 heterocycles. The van der Waals surface area contributed by atoms with Crippen LogP contribution < -0.4 is 4.74 Å². The number of benzene rings is 1. The summed E-state index contributed by atoms with van der Waals surface area (Å²) in [6, 6.07) is 10.8. The molecule has 126 valence electrons. The van der Waals surface area contributed by atoms with Crippen molar-refractivity contribution >= 4 is 11.7 Å². The highest BCUT2D eigenvalue weighted by Gasteiger charge is 2.03. The zero-order chi connectivity index (χ0) is 17.2. The van der Waals surface area contributed by atoms with Gasteiger partial charge in [-0.3, -0.25) is 9.78 Å². The molecular formula is C18H20N2O4. The maximum atomic E-state index is 10.7. The Labute approximate surface area is 140 Å². The number of hydrogen-bond acceptors (Lipinski definition) is 5. The van der Waals surface area contributed by atoms with Gasteiger partial charge < -0.3 is 14.7 Å². The molecule has 1 N–H and O–H groups in total. The summed E-state index contributed by atoms with van der Waals surface area (Å²) in [5.41, 5.74) is 2.53. The van der Waals surface area contributed by atoms with Gasteiger partial charge in [-0.2, -0.15) is 0 Å². The Hall–Kier alpha value is -2.89. The van der Waals surface area contributed by atoms with Crippen molar-refractivity contribution in [1.82, 2.24) is 4.98 Å². The molecule has 1 aromatic carbocycles. The molecule has 0 unspecified atom stereocenters. The van der Waals surface area contributed by atoms with Crippen LogP contribution in [0.2, 0.25) is 0 Å². The summed E-state index contributed by atoms with van der Waals surface area (Å²) >= 11 is 0. The third-order valence-electron chi connectivity index (χ3n) is 3.22. The number of carbonyl (C=O) groups is 1. The first kappa shape index (κ1) is 17.5. The van der Waals surface area contributed by atoms with Crippen molar-refractivity contribution in [2.24, 2.45) is 5.16 Å². The van der Waals surface area contributed by atoms with Crippen molar-refractivity contribution in [1.29, 1.82) is 0 Å². The highest BCUT2D eigenvalue weighted by atomic mass is 16.6. The molecule has 2 rings (SSSR count). The average Bonchev–Trinajstić information content (AvgIpc) is 2.58. The standard InChI is InChI=1S/C18H20N2O4/c1-2-17(15-6-8-19-9-7-15)20-24-11-10-23-16-5-3-4-14(12-16)13-18(21)22/h3-9,12H,2,10-11,13H2,1H3,(H,21,22). The number of aliphatic carboxylic acids is 1. The number of ether oxygens (including phenoxy) is 1. The summed E-state index contributed by atoms with van der Waals surface area (Å²) in [4.78, 5) is 20.0. The van der Waals surface area contributed by atoms with Crippen LogP contribution >= 0.6 is 0 Å². The lowest BCUT2D eigenvalue weighted by Crippen LogP contribution is -2.07. The fourth-order valence-electron chi connectivity index (χ4n) is 2.11. The van der Waals surface area contributed by atoms with Crippen LogP contribution in [-0.4, -0.2) is 35.0 Å². The maximum absolute atomic E-state index is 10.7. The van der Waals surface area contributed by atoms with Gasteiger partial charge in [0.1, 0.15) is 12.4 Å². The molecule has 0 amide bonds. The minimum Gasteiger partial charge on any atom is -0.490 e. The van der Waals surface area contributed by atoms with Crippen LogP contribution in [-0.2, 0) is 16.1 Å². The molecule has 1 aromatic heterocycles. The van der Waals surface area contributed by atoms with Crippen LogP contribution in [0.25, 0.3) is 0 Å². The Balaban J connectivity index is 1.80. The van der Waals surface area contributed by atoms with Gasteiger partial charge in [-0.25, -0.2) is 0 Å². The SMILES string of the molecule is CCC(=NOCCOc1cccc(CC(=O)O)c1)c1ccncc1. The van der Waals surface area contributed by atoms with E-state index >= 15 is 0 Å². The van der Waals surface area contributed by atoms with E-state index in [1.54, 1.807) is 36.7 Å². The molecule has 0 aliphatic heterocycles. The first-order chi connectivity index (χ1) is 11.7. The Morgan fingerprint density at radius 3 is 2.71 bits per heavy atom. The summed E-state index contributed by atoms with van der Waals surface area (Å²) in [6.45, 7) is 2.64. The Morgan fingerprint density at radius 1 is 1.21 bits per heavy atom. The number of carboxylic acids is 1. The minimum absolute atomic E-state index is 0.0240. The molecule has 24 heavy (non-hydrogen) atoms. The smallest absolute Gasteiger partial charge is 0.307 e. The summed E-state index contributed by atoms with van der Waals surface area (Å²) in [5, 5.41) is 12.9. The Morgan fingerprint density at radius 2 is 2.00 bits per heavy atom. The van der Waals surface area contributed by atoms with Crippen LogP contribution in [0, 0.1) is 0 Å². The van der Waals surface area contributed by atoms with Gasteiger partial charge in [-0.15, -0.1) is 0 Å². The van der Waals surface area contributed by atoms with Gasteiger partial charge in [0.25, 0.3) is 0 Å². The molecule has 0 saturated heterocycles. The van der Waals surface area contributed by atoms with Gasteiger partial charge in [-0.1, -0.05) is 24.2 Å². The maximum Gasteiger partial charge on any atom is 0.307 e. The van der Waals surface area contributed by atoms with Crippen molar-refractivity contribution in [3.63, 3.8) is 0 Å². The molecular weight excluding hydrogens is 308 g/mol. The number of hydrogen-bond donors (Lipinski definition) is 1. The van der Waals surface area contributed by atoms with Crippen LogP contribution in [0.3, 0.4) is 0 Å². The molecule has 0 spiro atoms. The van der Waals surface area contributed by atoms with Gasteiger partial charge in [0.05, 0.1) is 12.1 Å². The van der Waals surface area contributed by atoms with Gasteiger partial charge in [0.2, 0.25) is 0 Å². The van der Waals surface area contributed by atoms with E-state index in [2.05, 4.69) is 10.1 Å². The first-order valence-corrected chi connectivity index (χ1v) is 7.71. The third-order valence-corrected chi connectivity index (χ3v) is 3.22. The number of carboxylic acid groups (broad SMARTS) is 1. The first-order valence-electron chi connectivity index (χ1n) is 7.71. The van der Waals surface area contributed by atoms with Crippen molar-refractivity contribution < 1.29 is 19.5 Å². The lowest BCUT2D eigenvalue weighted by atomic mass is 10.1. The fourth-order valence-corrected chi connectivity index (χ4v) is 2.11. The van der Waals surface area contributed by atoms with Gasteiger partial charge in [0, 0.05) is 18.0 Å². The molecule has 0 fully saturated rings. The quantitative estimate of drug-likeness (QED) is 0.435. The molecule has 0 saturated carbocycles. The molecule has 6 nitrogen and oxygen atoms in total. The number of rotatable bonds is 9. The van der Waals surface area contributed by atoms with Crippen LogP contribution in [0.5, 0.6) is 5.75 Å². The predicted octanol–water partition coefficient (Wildman–Crippen LogP) is 2.92. The van der Waals surface area contributed by atoms with E-state index in [-0.39, 0.29) is 6.42 Å². The number of oxime groups is 1. The van der Waals surface area contributed by atoms with Crippen molar-refractivity contribution in [3.8, 4) is 5.75 Å². The van der Waals surface area contributed by atoms with E-state index in [0.29, 0.717) is 24.5 Å². The summed E-state index contributed by atoms with van der Waals surface area (Å²) in [5.74, 6) is -0.251. The fraction of sp³-hybridized carbons (Fsp3) is 0.278. The van der Waals surface area contributed by atoms with Crippen LogP contribution in [0.4, 0.5) is 0 Å². The van der Waals surface area contributed by atoms with E-state index in [1.165, 1.54) is 0 Å². The molecule has 0 aliphatic rings. The van der Waals surface area contributed by atoms with E-state index in [4.69, 9.17) is 14.7 Å². The second kappa shape index (κ2) is 9.29. The monoisotopic (exact) mass is 328 g/mol. The molecule has 2 aromatic rings.